The van der Waals surface area contributed by atoms with Crippen LogP contribution in [0.1, 0.15) is 0 Å². The zero-order valence-electron chi connectivity index (χ0n) is 52.4. The first kappa shape index (κ1) is 54.9. The van der Waals surface area contributed by atoms with E-state index in [0.29, 0.717) is 0 Å². The fraction of sp³-hybridized carbons (Fsp3) is 0. The Labute approximate surface area is 554 Å². The van der Waals surface area contributed by atoms with E-state index in [1.165, 1.54) is 176 Å². The fourth-order valence-corrected chi connectivity index (χ4v) is 15.3. The fourth-order valence-electron chi connectivity index (χ4n) is 15.3. The molecule has 0 amide bonds. The van der Waals surface area contributed by atoms with Crippen molar-refractivity contribution >= 4 is 109 Å². The van der Waals surface area contributed by atoms with E-state index in [4.69, 9.17) is 0 Å². The lowest BCUT2D eigenvalue weighted by atomic mass is 9.97. The van der Waals surface area contributed by atoms with Crippen molar-refractivity contribution in [1.29, 1.82) is 0 Å². The van der Waals surface area contributed by atoms with E-state index in [2.05, 4.69) is 382 Å². The number of hydrogen-bond acceptors (Lipinski definition) is 0. The average Bonchev–Trinajstić information content (AvgIpc) is 1.61. The molecule has 0 bridgehead atoms. The highest BCUT2D eigenvalue weighted by molar-refractivity contribution is 6.15. The van der Waals surface area contributed by atoms with E-state index < -0.39 is 0 Å². The summed E-state index contributed by atoms with van der Waals surface area (Å²) in [7, 11) is 0. The first-order valence-electron chi connectivity index (χ1n) is 33.0. The van der Waals surface area contributed by atoms with Crippen LogP contribution in [0.4, 0.5) is 0 Å². The van der Waals surface area contributed by atoms with Gasteiger partial charge in [-0.05, 0) is 188 Å². The second-order valence-electron chi connectivity index (χ2n) is 25.2. The summed E-state index contributed by atoms with van der Waals surface area (Å²) in [5.74, 6) is 0. The Morgan fingerprint density at radius 2 is 0.438 bits per heavy atom. The van der Waals surface area contributed by atoms with Crippen molar-refractivity contribution in [3.8, 4) is 67.3 Å². The van der Waals surface area contributed by atoms with E-state index >= 15 is 0 Å². The number of fused-ring (bicyclic) bond motifs is 14. The van der Waals surface area contributed by atoms with E-state index in [-0.39, 0.29) is 0 Å². The first-order valence-corrected chi connectivity index (χ1v) is 33.0. The van der Waals surface area contributed by atoms with Crippen LogP contribution in [-0.4, -0.2) is 18.3 Å². The molecule has 0 aliphatic carbocycles. The molecule has 4 heterocycles. The maximum absolute atomic E-state index is 2.42. The Morgan fingerprint density at radius 3 is 0.875 bits per heavy atom. The second-order valence-corrected chi connectivity index (χ2v) is 25.2. The van der Waals surface area contributed by atoms with Gasteiger partial charge in [0.15, 0.2) is 0 Å². The van der Waals surface area contributed by atoms with Gasteiger partial charge in [-0.25, -0.2) is 0 Å². The highest BCUT2D eigenvalue weighted by atomic mass is 15.0. The van der Waals surface area contributed by atoms with Crippen LogP contribution in [0.5, 0.6) is 0 Å². The Kier molecular flexibility index (Phi) is 12.9. The summed E-state index contributed by atoms with van der Waals surface area (Å²) in [4.78, 5) is 0. The normalized spacial score (nSPS) is 11.8. The van der Waals surface area contributed by atoms with Gasteiger partial charge in [0.05, 0.1) is 49.8 Å². The van der Waals surface area contributed by atoms with Gasteiger partial charge in [-0.15, -0.1) is 0 Å². The quantitative estimate of drug-likeness (QED) is 0.144. The largest absolute Gasteiger partial charge is 0.309 e. The summed E-state index contributed by atoms with van der Waals surface area (Å²) in [6.45, 7) is 0. The van der Waals surface area contributed by atoms with Gasteiger partial charge in [0, 0.05) is 65.5 Å². The van der Waals surface area contributed by atoms with E-state index in [0.717, 1.165) is 0 Å². The molecule has 0 radical (unpaired) electrons. The van der Waals surface area contributed by atoms with Crippen LogP contribution in [0.3, 0.4) is 0 Å². The molecular formula is C92H60N4. The summed E-state index contributed by atoms with van der Waals surface area (Å²) in [5.41, 5.74) is 24.2. The standard InChI is InChI=1S/2C46H30N2/c1-2-16-36(17-3-1)47-43-21-8-6-19-38(43)40-29-34(24-26-45(40)47)32-14-10-15-33(28-32)35-25-27-46-41(30-35)39-20-7-9-22-44(39)48(46)42-23-11-13-31-12-4-5-18-37(31)42;1-2-15-37(16-3-1)47-43-19-8-6-17-39(43)41-29-35(22-25-45(41)47)32-13-10-14-33(27-32)36-23-26-46-42(30-36)40-18-7-9-20-44(40)48(46)38-24-21-31-11-4-5-12-34(31)28-38/h2*1-30H. The highest BCUT2D eigenvalue weighted by Crippen LogP contribution is 2.42. The van der Waals surface area contributed by atoms with Crippen LogP contribution in [0, 0.1) is 0 Å². The molecule has 4 nitrogen and oxygen atoms in total. The van der Waals surface area contributed by atoms with Gasteiger partial charge in [0.25, 0.3) is 0 Å². The molecule has 20 rings (SSSR count). The third-order valence-corrected chi connectivity index (χ3v) is 19.8. The van der Waals surface area contributed by atoms with Gasteiger partial charge >= 0.3 is 0 Å². The minimum absolute atomic E-state index is 1.18. The number of aromatic nitrogens is 4. The summed E-state index contributed by atoms with van der Waals surface area (Å²) in [6, 6.07) is 132. The molecule has 0 aliphatic heterocycles. The minimum Gasteiger partial charge on any atom is -0.309 e. The maximum Gasteiger partial charge on any atom is 0.0541 e. The minimum atomic E-state index is 1.18. The molecule has 0 fully saturated rings. The van der Waals surface area contributed by atoms with Crippen LogP contribution >= 0.6 is 0 Å². The zero-order valence-corrected chi connectivity index (χ0v) is 52.4. The summed E-state index contributed by atoms with van der Waals surface area (Å²) >= 11 is 0. The van der Waals surface area contributed by atoms with Crippen molar-refractivity contribution in [1.82, 2.24) is 18.3 Å². The summed E-state index contributed by atoms with van der Waals surface area (Å²) in [5, 5.41) is 15.1. The summed E-state index contributed by atoms with van der Waals surface area (Å²) in [6.07, 6.45) is 0. The number of para-hydroxylation sites is 6. The molecule has 0 N–H and O–H groups in total. The third kappa shape index (κ3) is 9.06. The molecular weight excluding hydrogens is 1160 g/mol. The van der Waals surface area contributed by atoms with Crippen molar-refractivity contribution in [2.45, 2.75) is 0 Å². The van der Waals surface area contributed by atoms with Crippen molar-refractivity contribution in [2.75, 3.05) is 0 Å². The Balaban J connectivity index is 0.000000135. The smallest absolute Gasteiger partial charge is 0.0541 e. The second kappa shape index (κ2) is 22.5. The molecule has 96 heavy (non-hydrogen) atoms. The number of rotatable bonds is 8. The zero-order chi connectivity index (χ0) is 63.2. The molecule has 4 aromatic heterocycles. The maximum atomic E-state index is 2.42. The Hall–Kier alpha value is -12.8. The van der Waals surface area contributed by atoms with Gasteiger partial charge in [-0.3, -0.25) is 0 Å². The van der Waals surface area contributed by atoms with Crippen molar-refractivity contribution in [3.63, 3.8) is 0 Å². The van der Waals surface area contributed by atoms with Gasteiger partial charge in [-0.1, -0.05) is 237 Å². The monoisotopic (exact) mass is 1220 g/mol. The van der Waals surface area contributed by atoms with E-state index in [9.17, 15) is 0 Å². The molecule has 448 valence electrons. The number of nitrogens with zero attached hydrogens (tertiary/aromatic N) is 4. The number of benzene rings is 16. The van der Waals surface area contributed by atoms with Crippen LogP contribution in [0.2, 0.25) is 0 Å². The molecule has 4 heteroatoms. The molecule has 20 aromatic rings. The molecule has 0 saturated carbocycles. The van der Waals surface area contributed by atoms with Gasteiger partial charge in [-0.2, -0.15) is 0 Å². The molecule has 0 saturated heterocycles. The topological polar surface area (TPSA) is 19.7 Å². The van der Waals surface area contributed by atoms with Gasteiger partial charge < -0.3 is 18.3 Å². The van der Waals surface area contributed by atoms with Crippen LogP contribution in [-0.2, 0) is 0 Å². The third-order valence-electron chi connectivity index (χ3n) is 19.8. The van der Waals surface area contributed by atoms with Gasteiger partial charge in [0.2, 0.25) is 0 Å². The van der Waals surface area contributed by atoms with Crippen molar-refractivity contribution in [3.05, 3.63) is 364 Å². The lowest BCUT2D eigenvalue weighted by Crippen LogP contribution is -1.95. The lowest BCUT2D eigenvalue weighted by Gasteiger charge is -2.12. The van der Waals surface area contributed by atoms with Crippen LogP contribution < -0.4 is 0 Å². The van der Waals surface area contributed by atoms with Gasteiger partial charge in [0.1, 0.15) is 0 Å². The van der Waals surface area contributed by atoms with Crippen molar-refractivity contribution in [2.24, 2.45) is 0 Å². The number of hydrogen-bond donors (Lipinski definition) is 0. The molecule has 0 aliphatic rings. The average molecular weight is 1220 g/mol. The Morgan fingerprint density at radius 1 is 0.135 bits per heavy atom. The molecule has 0 unspecified atom stereocenters. The lowest BCUT2D eigenvalue weighted by molar-refractivity contribution is 1.18. The van der Waals surface area contributed by atoms with E-state index in [1.807, 2.05) is 0 Å². The molecule has 0 spiro atoms. The predicted octanol–water partition coefficient (Wildman–Crippen LogP) is 24.7. The van der Waals surface area contributed by atoms with Crippen LogP contribution in [0.25, 0.3) is 176 Å². The molecule has 0 atom stereocenters. The van der Waals surface area contributed by atoms with Crippen LogP contribution in [0.15, 0.2) is 364 Å². The highest BCUT2D eigenvalue weighted by Gasteiger charge is 2.20. The summed E-state index contributed by atoms with van der Waals surface area (Å²) < 4.78 is 9.57. The van der Waals surface area contributed by atoms with Crippen molar-refractivity contribution < 1.29 is 0 Å². The Bertz CT molecular complexity index is 6440. The van der Waals surface area contributed by atoms with E-state index in [1.54, 1.807) is 0 Å². The SMILES string of the molecule is c1ccc(-n2c3ccccc3c3cc(-c4cccc(-c5ccc6c(c5)c5ccccc5n6-c5ccc6ccccc6c5)c4)ccc32)cc1.c1ccc(-n2c3ccccc3c3cc(-c4cccc(-c5ccc6c(c5)c5ccccc5n6-c5cccc6ccccc56)c4)ccc32)cc1. The molecule has 16 aromatic carbocycles. The predicted molar refractivity (Wildman–Crippen MR) is 407 cm³/mol. The first-order chi connectivity index (χ1) is 47.6.